The zero-order valence-corrected chi connectivity index (χ0v) is 11.8. The van der Waals surface area contributed by atoms with Crippen molar-refractivity contribution in [1.82, 2.24) is 0 Å². The zero-order valence-electron chi connectivity index (χ0n) is 11.8. The van der Waals surface area contributed by atoms with Gasteiger partial charge in [-0.1, -0.05) is 0 Å². The van der Waals surface area contributed by atoms with Crippen molar-refractivity contribution in [3.8, 4) is 0 Å². The smallest absolute Gasteiger partial charge is 0.164 e. The van der Waals surface area contributed by atoms with Crippen LogP contribution in [0, 0.1) is 6.92 Å². The Morgan fingerprint density at radius 1 is 1.28 bits per heavy atom. The third-order valence-electron chi connectivity index (χ3n) is 3.29. The van der Waals surface area contributed by atoms with Crippen LogP contribution in [0.15, 0.2) is 0 Å². The number of aliphatic hydroxyl groups excluding tert-OH is 2. The first-order valence-corrected chi connectivity index (χ1v) is 6.17. The number of rotatable bonds is 4. The van der Waals surface area contributed by atoms with Crippen LogP contribution in [0.4, 0.5) is 0 Å². The van der Waals surface area contributed by atoms with Gasteiger partial charge in [0.25, 0.3) is 0 Å². The normalized spacial score (nSPS) is 32.8. The second-order valence-electron chi connectivity index (χ2n) is 6.29. The van der Waals surface area contributed by atoms with Gasteiger partial charge in [0.15, 0.2) is 5.79 Å². The van der Waals surface area contributed by atoms with Crippen LogP contribution in [0.2, 0.25) is 0 Å². The predicted molar refractivity (Wildman–Crippen MR) is 66.7 cm³/mol. The van der Waals surface area contributed by atoms with Gasteiger partial charge in [0.1, 0.15) is 6.10 Å². The molecule has 1 saturated heterocycles. The van der Waals surface area contributed by atoms with Gasteiger partial charge in [-0.2, -0.15) is 0 Å². The first-order chi connectivity index (χ1) is 7.87. The standard InChI is InChI=1S/C13H25O5/c1-8(14)13(6,16)7-9(15)10-11(2,3)18-12(4,5)17-10/h8-10,14-16H,1,7H2,2-6H3/t8-,9?,10-,13?/m0/s1. The monoisotopic (exact) mass is 261 g/mol. The van der Waals surface area contributed by atoms with Crippen molar-refractivity contribution < 1.29 is 24.8 Å². The highest BCUT2D eigenvalue weighted by Crippen LogP contribution is 2.39. The fraction of sp³-hybridized carbons (Fsp3) is 0.923. The quantitative estimate of drug-likeness (QED) is 0.691. The van der Waals surface area contributed by atoms with Crippen LogP contribution >= 0.6 is 0 Å². The van der Waals surface area contributed by atoms with Gasteiger partial charge < -0.3 is 24.8 Å². The van der Waals surface area contributed by atoms with Gasteiger partial charge in [0.05, 0.1) is 23.4 Å². The molecule has 0 spiro atoms. The van der Waals surface area contributed by atoms with E-state index in [9.17, 15) is 15.3 Å². The van der Waals surface area contributed by atoms with Crippen LogP contribution in [0.1, 0.15) is 41.0 Å². The van der Waals surface area contributed by atoms with Crippen molar-refractivity contribution in [2.75, 3.05) is 0 Å². The van der Waals surface area contributed by atoms with Crippen molar-refractivity contribution in [3.63, 3.8) is 0 Å². The van der Waals surface area contributed by atoms with E-state index >= 15 is 0 Å². The van der Waals surface area contributed by atoms with Crippen molar-refractivity contribution in [2.45, 2.75) is 76.3 Å². The van der Waals surface area contributed by atoms with Crippen LogP contribution in [0.25, 0.3) is 0 Å². The number of aliphatic hydroxyl groups is 3. The van der Waals surface area contributed by atoms with E-state index in [1.165, 1.54) is 6.92 Å². The summed E-state index contributed by atoms with van der Waals surface area (Å²) in [6, 6.07) is 0. The van der Waals surface area contributed by atoms with Gasteiger partial charge in [-0.15, -0.1) is 0 Å². The third kappa shape index (κ3) is 3.42. The van der Waals surface area contributed by atoms with Crippen LogP contribution in [-0.2, 0) is 9.47 Å². The van der Waals surface area contributed by atoms with Crippen LogP contribution < -0.4 is 0 Å². The molecule has 1 radical (unpaired) electrons. The fourth-order valence-electron chi connectivity index (χ4n) is 2.37. The van der Waals surface area contributed by atoms with Crippen LogP contribution in [-0.4, -0.2) is 50.6 Å². The molecule has 1 rings (SSSR count). The highest BCUT2D eigenvalue weighted by Gasteiger charge is 2.51. The third-order valence-corrected chi connectivity index (χ3v) is 3.29. The number of hydrogen-bond acceptors (Lipinski definition) is 5. The molecule has 4 atom stereocenters. The molecule has 0 bridgehead atoms. The molecule has 0 aromatic rings. The van der Waals surface area contributed by atoms with E-state index in [0.29, 0.717) is 0 Å². The first kappa shape index (κ1) is 15.9. The number of hydrogen-bond donors (Lipinski definition) is 3. The molecular formula is C13H25O5. The van der Waals surface area contributed by atoms with Crippen LogP contribution in [0.5, 0.6) is 0 Å². The average molecular weight is 261 g/mol. The van der Waals surface area contributed by atoms with Gasteiger partial charge in [0, 0.05) is 6.42 Å². The SMILES string of the molecule is [CH2][C@H](O)C(C)(O)CC(O)[C@@H]1OC(C)(C)OC1(C)C. The summed E-state index contributed by atoms with van der Waals surface area (Å²) in [6.07, 6.45) is -2.73. The van der Waals surface area contributed by atoms with Gasteiger partial charge in [-0.3, -0.25) is 0 Å². The highest BCUT2D eigenvalue weighted by molar-refractivity contribution is 4.97. The Kier molecular flexibility index (Phi) is 4.16. The summed E-state index contributed by atoms with van der Waals surface area (Å²) in [7, 11) is 0. The first-order valence-electron chi connectivity index (χ1n) is 6.17. The summed E-state index contributed by atoms with van der Waals surface area (Å²) in [4.78, 5) is 0. The number of ether oxygens (including phenoxy) is 2. The summed E-state index contributed by atoms with van der Waals surface area (Å²) >= 11 is 0. The molecule has 0 aliphatic carbocycles. The molecule has 1 aliphatic heterocycles. The van der Waals surface area contributed by atoms with Crippen molar-refractivity contribution in [3.05, 3.63) is 6.92 Å². The Morgan fingerprint density at radius 3 is 2.11 bits per heavy atom. The summed E-state index contributed by atoms with van der Waals surface area (Å²) in [6.45, 7) is 12.0. The minimum Gasteiger partial charge on any atom is -0.390 e. The predicted octanol–water partition coefficient (Wildman–Crippen LogP) is 0.613. The molecule has 1 heterocycles. The fourth-order valence-corrected chi connectivity index (χ4v) is 2.37. The van der Waals surface area contributed by atoms with Gasteiger partial charge in [-0.25, -0.2) is 0 Å². The van der Waals surface area contributed by atoms with Crippen LogP contribution in [0.3, 0.4) is 0 Å². The maximum atomic E-state index is 10.2. The molecule has 0 aromatic carbocycles. The molecule has 5 heteroatoms. The Morgan fingerprint density at radius 2 is 1.78 bits per heavy atom. The topological polar surface area (TPSA) is 79.2 Å². The molecule has 107 valence electrons. The van der Waals surface area contributed by atoms with E-state index in [1.54, 1.807) is 13.8 Å². The minimum absolute atomic E-state index is 0.0365. The van der Waals surface area contributed by atoms with Crippen molar-refractivity contribution in [1.29, 1.82) is 0 Å². The molecule has 18 heavy (non-hydrogen) atoms. The van der Waals surface area contributed by atoms with E-state index in [-0.39, 0.29) is 6.42 Å². The van der Waals surface area contributed by atoms with E-state index in [2.05, 4.69) is 6.92 Å². The summed E-state index contributed by atoms with van der Waals surface area (Å²) in [5, 5.41) is 29.5. The second kappa shape index (κ2) is 4.72. The molecule has 0 saturated carbocycles. The molecule has 5 nitrogen and oxygen atoms in total. The molecule has 2 unspecified atom stereocenters. The Labute approximate surface area is 109 Å². The van der Waals surface area contributed by atoms with Gasteiger partial charge in [0.2, 0.25) is 0 Å². The van der Waals surface area contributed by atoms with Gasteiger partial charge >= 0.3 is 0 Å². The highest BCUT2D eigenvalue weighted by atomic mass is 16.8. The van der Waals surface area contributed by atoms with E-state index in [4.69, 9.17) is 9.47 Å². The minimum atomic E-state index is -1.47. The van der Waals surface area contributed by atoms with Crippen molar-refractivity contribution in [2.24, 2.45) is 0 Å². The molecule has 3 N–H and O–H groups in total. The average Bonchev–Trinajstić information content (AvgIpc) is 2.33. The Bertz CT molecular complexity index is 296. The molecule has 1 fully saturated rings. The molecule has 0 aromatic heterocycles. The molecule has 1 aliphatic rings. The lowest BCUT2D eigenvalue weighted by Crippen LogP contribution is -2.48. The van der Waals surface area contributed by atoms with E-state index < -0.39 is 35.3 Å². The van der Waals surface area contributed by atoms with E-state index in [0.717, 1.165) is 0 Å². The largest absolute Gasteiger partial charge is 0.390 e. The zero-order chi connectivity index (χ0) is 14.4. The molecular weight excluding hydrogens is 236 g/mol. The van der Waals surface area contributed by atoms with E-state index in [1.807, 2.05) is 13.8 Å². The summed E-state index contributed by atoms with van der Waals surface area (Å²) in [5.41, 5.74) is -2.13. The Balaban J connectivity index is 2.76. The maximum absolute atomic E-state index is 10.2. The lowest BCUT2D eigenvalue weighted by Gasteiger charge is -2.33. The summed E-state index contributed by atoms with van der Waals surface area (Å²) in [5.74, 6) is -0.774. The van der Waals surface area contributed by atoms with Gasteiger partial charge in [-0.05, 0) is 41.5 Å². The second-order valence-corrected chi connectivity index (χ2v) is 6.29. The maximum Gasteiger partial charge on any atom is 0.164 e. The lowest BCUT2D eigenvalue weighted by molar-refractivity contribution is -0.165. The summed E-state index contributed by atoms with van der Waals surface area (Å²) < 4.78 is 11.4. The Hall–Kier alpha value is -0.200. The molecule has 0 amide bonds. The lowest BCUT2D eigenvalue weighted by atomic mass is 9.87. The van der Waals surface area contributed by atoms with Crippen molar-refractivity contribution >= 4 is 0 Å².